The van der Waals surface area contributed by atoms with Crippen molar-refractivity contribution in [1.29, 1.82) is 0 Å². The molecule has 1 fully saturated rings. The van der Waals surface area contributed by atoms with E-state index in [0.29, 0.717) is 37.2 Å². The fourth-order valence-electron chi connectivity index (χ4n) is 5.92. The Hall–Kier alpha value is -2.83. The van der Waals surface area contributed by atoms with Gasteiger partial charge in [-0.2, -0.15) is 0 Å². The van der Waals surface area contributed by atoms with E-state index in [2.05, 4.69) is 58.7 Å². The van der Waals surface area contributed by atoms with Crippen LogP contribution in [0.2, 0.25) is 18.1 Å². The Balaban J connectivity index is 2.19. The van der Waals surface area contributed by atoms with Crippen LogP contribution in [-0.2, 0) is 48.4 Å². The number of methoxy groups -OCH3 is 2. The maximum absolute atomic E-state index is 13.1. The van der Waals surface area contributed by atoms with Crippen LogP contribution in [0.5, 0.6) is 11.5 Å². The molecule has 0 aliphatic carbocycles. The fourth-order valence-corrected chi connectivity index (χ4v) is 8.63. The van der Waals surface area contributed by atoms with Crippen LogP contribution in [0.1, 0.15) is 86.1 Å². The highest BCUT2D eigenvalue weighted by atomic mass is 31.2. The van der Waals surface area contributed by atoms with Gasteiger partial charge in [0.1, 0.15) is 18.6 Å². The number of benzene rings is 1. The largest absolute Gasteiger partial charge is 0.493 e. The van der Waals surface area contributed by atoms with E-state index in [9.17, 15) is 14.2 Å². The molecule has 1 saturated heterocycles. The van der Waals surface area contributed by atoms with Gasteiger partial charge >= 0.3 is 13.6 Å². The van der Waals surface area contributed by atoms with E-state index >= 15 is 0 Å². The second kappa shape index (κ2) is 23.4. The van der Waals surface area contributed by atoms with Crippen molar-refractivity contribution in [2.75, 3.05) is 40.2 Å². The Bertz CT molecular complexity index is 1520. The SMILES string of the molecule is C=C1C[C@@H](C/C=C/[C@@H](C/C(C)=C\C=O)O[Si](C)(C)C(C)(C)C)O[C@@H](/C=C(\C)C[C@H](COCc2ccc(OC)c(OC)c2)OC(=O)CP(=O)(OCC)OCC)C1. The monoisotopic (exact) mass is 806 g/mol. The minimum absolute atomic E-state index is 0.0477. The average Bonchev–Trinajstić information content (AvgIpc) is 3.07. The molecule has 0 bridgehead atoms. The summed E-state index contributed by atoms with van der Waals surface area (Å²) in [6.45, 7) is 23.3. The number of rotatable bonds is 24. The molecule has 0 aromatic heterocycles. The molecular formula is C42H67O11PSi. The minimum Gasteiger partial charge on any atom is -0.493 e. The van der Waals surface area contributed by atoms with Gasteiger partial charge in [0.15, 0.2) is 19.8 Å². The van der Waals surface area contributed by atoms with Crippen molar-refractivity contribution >= 4 is 28.2 Å². The number of carbonyl (C=O) groups excluding carboxylic acids is 2. The van der Waals surface area contributed by atoms with E-state index < -0.39 is 34.1 Å². The summed E-state index contributed by atoms with van der Waals surface area (Å²) in [4.78, 5) is 24.2. The molecule has 1 aromatic carbocycles. The van der Waals surface area contributed by atoms with Crippen LogP contribution in [0.25, 0.3) is 0 Å². The van der Waals surface area contributed by atoms with E-state index in [1.54, 1.807) is 40.2 Å². The highest BCUT2D eigenvalue weighted by Crippen LogP contribution is 2.48. The van der Waals surface area contributed by atoms with Gasteiger partial charge in [0, 0.05) is 6.42 Å². The smallest absolute Gasteiger partial charge is 0.341 e. The molecule has 11 nitrogen and oxygen atoms in total. The summed E-state index contributed by atoms with van der Waals surface area (Å²) in [5.41, 5.74) is 3.87. The number of aldehydes is 1. The molecule has 55 heavy (non-hydrogen) atoms. The summed E-state index contributed by atoms with van der Waals surface area (Å²) in [7, 11) is -2.57. The molecule has 2 rings (SSSR count). The van der Waals surface area contributed by atoms with Crippen molar-refractivity contribution in [2.45, 2.75) is 130 Å². The highest BCUT2D eigenvalue weighted by molar-refractivity contribution is 7.54. The van der Waals surface area contributed by atoms with Crippen LogP contribution in [0.15, 0.2) is 65.8 Å². The number of allylic oxidation sites excluding steroid dienone is 1. The van der Waals surface area contributed by atoms with Gasteiger partial charge in [0.05, 0.1) is 59.0 Å². The fraction of sp³-hybridized carbons (Fsp3) is 0.619. The van der Waals surface area contributed by atoms with Gasteiger partial charge < -0.3 is 37.2 Å². The number of hydrogen-bond acceptors (Lipinski definition) is 11. The molecule has 0 amide bonds. The first-order valence-corrected chi connectivity index (χ1v) is 23.8. The third kappa shape index (κ3) is 17.5. The standard InChI is InChI=1S/C42H67O11PSi/c1-13-49-54(45,50-14-2)30-41(44)52-38(29-48-28-34-18-19-39(46-9)40(27-34)47-10)26-33(5)25-37-24-32(4)23-35(51-37)16-15-17-36(22-31(3)20-21-43)53-55(11,12)42(6,7)8/h15,17-21,25,27,35-38H,4,13-14,16,22-24,26,28-30H2,1-3,5-12H3/b17-15+,31-20-,33-25+/t35-,36+,37-,38-/m1/s1. The molecule has 1 heterocycles. The van der Waals surface area contributed by atoms with Crippen molar-refractivity contribution in [3.63, 3.8) is 0 Å². The normalized spacial score (nSPS) is 18.6. The summed E-state index contributed by atoms with van der Waals surface area (Å²) < 4.78 is 59.7. The van der Waals surface area contributed by atoms with Gasteiger partial charge in [-0.25, -0.2) is 0 Å². The van der Waals surface area contributed by atoms with E-state index in [1.165, 1.54) is 0 Å². The first-order valence-electron chi connectivity index (χ1n) is 19.2. The molecule has 13 heteroatoms. The van der Waals surface area contributed by atoms with E-state index in [1.807, 2.05) is 26.0 Å². The molecule has 0 unspecified atom stereocenters. The summed E-state index contributed by atoms with van der Waals surface area (Å²) >= 11 is 0. The zero-order chi connectivity index (χ0) is 41.2. The average molecular weight is 807 g/mol. The molecule has 0 spiro atoms. The number of carbonyl (C=O) groups is 2. The third-order valence-electron chi connectivity index (χ3n) is 9.56. The predicted octanol–water partition coefficient (Wildman–Crippen LogP) is 9.71. The Morgan fingerprint density at radius 2 is 1.71 bits per heavy atom. The second-order valence-corrected chi connectivity index (χ2v) is 22.3. The third-order valence-corrected chi connectivity index (χ3v) is 16.0. The Morgan fingerprint density at radius 1 is 1.04 bits per heavy atom. The number of ether oxygens (including phenoxy) is 5. The lowest BCUT2D eigenvalue weighted by Gasteiger charge is -2.38. The quantitative estimate of drug-likeness (QED) is 0.0248. The maximum Gasteiger partial charge on any atom is 0.341 e. The molecule has 0 saturated carbocycles. The molecular weight excluding hydrogens is 740 g/mol. The van der Waals surface area contributed by atoms with Gasteiger partial charge in [-0.15, -0.1) is 0 Å². The molecule has 1 aromatic rings. The first kappa shape index (κ1) is 48.3. The molecule has 1 aliphatic rings. The lowest BCUT2D eigenvalue weighted by Crippen LogP contribution is -2.43. The molecule has 0 radical (unpaired) electrons. The van der Waals surface area contributed by atoms with E-state index in [4.69, 9.17) is 37.2 Å². The highest BCUT2D eigenvalue weighted by Gasteiger charge is 2.39. The van der Waals surface area contributed by atoms with Gasteiger partial charge in [-0.3, -0.25) is 14.2 Å². The summed E-state index contributed by atoms with van der Waals surface area (Å²) in [6.07, 6.45) is 10.2. The van der Waals surface area contributed by atoms with Crippen LogP contribution < -0.4 is 9.47 Å². The van der Waals surface area contributed by atoms with Crippen LogP contribution in [0.3, 0.4) is 0 Å². The predicted molar refractivity (Wildman–Crippen MR) is 220 cm³/mol. The van der Waals surface area contributed by atoms with Gasteiger partial charge in [-0.1, -0.05) is 68.4 Å². The first-order chi connectivity index (χ1) is 25.9. The molecule has 310 valence electrons. The zero-order valence-electron chi connectivity index (χ0n) is 35.1. The Kier molecular flexibility index (Phi) is 20.6. The van der Waals surface area contributed by atoms with E-state index in [0.717, 1.165) is 35.0 Å². The van der Waals surface area contributed by atoms with Gasteiger partial charge in [0.25, 0.3) is 0 Å². The minimum atomic E-state index is -3.66. The van der Waals surface area contributed by atoms with Gasteiger partial charge in [0.2, 0.25) is 0 Å². The van der Waals surface area contributed by atoms with Crippen molar-refractivity contribution in [3.05, 3.63) is 71.4 Å². The number of esters is 1. The van der Waals surface area contributed by atoms with Crippen LogP contribution in [0.4, 0.5) is 0 Å². The summed E-state index contributed by atoms with van der Waals surface area (Å²) in [6, 6.07) is 5.51. The van der Waals surface area contributed by atoms with Crippen LogP contribution in [-0.4, -0.2) is 85.2 Å². The lowest BCUT2D eigenvalue weighted by atomic mass is 9.95. The summed E-state index contributed by atoms with van der Waals surface area (Å²) in [5, 5.41) is 0.0477. The maximum atomic E-state index is 13.1. The molecule has 1 aliphatic heterocycles. The Morgan fingerprint density at radius 3 is 2.31 bits per heavy atom. The molecule has 4 atom stereocenters. The van der Waals surface area contributed by atoms with Crippen molar-refractivity contribution in [2.24, 2.45) is 0 Å². The summed E-state index contributed by atoms with van der Waals surface area (Å²) in [5.74, 6) is 0.493. The second-order valence-electron chi connectivity index (χ2n) is 15.5. The molecule has 0 N–H and O–H groups in total. The topological polar surface area (TPSA) is 125 Å². The van der Waals surface area contributed by atoms with Crippen molar-refractivity contribution in [1.82, 2.24) is 0 Å². The zero-order valence-corrected chi connectivity index (χ0v) is 37.0. The lowest BCUT2D eigenvalue weighted by molar-refractivity contribution is -0.149. The van der Waals surface area contributed by atoms with Crippen molar-refractivity contribution < 1.29 is 51.3 Å². The van der Waals surface area contributed by atoms with Gasteiger partial charge in [-0.05, 0) is 95.3 Å². The van der Waals surface area contributed by atoms with Crippen molar-refractivity contribution in [3.8, 4) is 11.5 Å². The number of hydrogen-bond donors (Lipinski definition) is 0. The van der Waals surface area contributed by atoms with Crippen LogP contribution in [0, 0.1) is 0 Å². The van der Waals surface area contributed by atoms with E-state index in [-0.39, 0.29) is 49.8 Å². The Labute approximate surface area is 331 Å². The van der Waals surface area contributed by atoms with Crippen LogP contribution >= 0.6 is 7.60 Å².